The number of hydrogen-bond acceptors (Lipinski definition) is 3. The molecule has 5 heteroatoms. The lowest BCUT2D eigenvalue weighted by Gasteiger charge is -2.09. The van der Waals surface area contributed by atoms with E-state index in [1.165, 1.54) is 0 Å². The van der Waals surface area contributed by atoms with Crippen LogP contribution in [0, 0.1) is 6.92 Å². The quantitative estimate of drug-likeness (QED) is 0.562. The molecule has 0 aliphatic carbocycles. The number of hydrogen-bond donors (Lipinski definition) is 1. The van der Waals surface area contributed by atoms with Gasteiger partial charge in [0.05, 0.1) is 10.2 Å². The Balaban J connectivity index is 1.95. The van der Waals surface area contributed by atoms with E-state index < -0.39 is 0 Å². The van der Waals surface area contributed by atoms with E-state index >= 15 is 0 Å². The summed E-state index contributed by atoms with van der Waals surface area (Å²) in [5.41, 5.74) is 5.58. The van der Waals surface area contributed by atoms with Crippen LogP contribution in [0.5, 0.6) is 5.75 Å². The number of carbonyl (C=O) groups excluding carboxylic acids is 1. The molecule has 24 heavy (non-hydrogen) atoms. The van der Waals surface area contributed by atoms with Gasteiger partial charge >= 0.3 is 0 Å². The van der Waals surface area contributed by atoms with Gasteiger partial charge in [-0.2, -0.15) is 5.10 Å². The fraction of sp³-hybridized carbons (Fsp3) is 0.263. The molecule has 2 aromatic carbocycles. The van der Waals surface area contributed by atoms with Crippen LogP contribution >= 0.6 is 15.9 Å². The number of benzene rings is 2. The Labute approximate surface area is 151 Å². The smallest absolute Gasteiger partial charge is 0.277 e. The van der Waals surface area contributed by atoms with E-state index in [9.17, 15) is 4.79 Å². The summed E-state index contributed by atoms with van der Waals surface area (Å²) in [7, 11) is 0. The third-order valence-corrected chi connectivity index (χ3v) is 3.98. The monoisotopic (exact) mass is 388 g/mol. The van der Waals surface area contributed by atoms with Crippen molar-refractivity contribution in [3.8, 4) is 5.75 Å². The minimum atomic E-state index is -0.285. The second-order valence-corrected chi connectivity index (χ2v) is 6.29. The van der Waals surface area contributed by atoms with Crippen molar-refractivity contribution in [3.63, 3.8) is 0 Å². The van der Waals surface area contributed by atoms with E-state index in [2.05, 4.69) is 33.4 Å². The number of amides is 1. The molecule has 0 atom stereocenters. The zero-order valence-corrected chi connectivity index (χ0v) is 15.5. The Kier molecular flexibility index (Phi) is 7.00. The van der Waals surface area contributed by atoms with Crippen LogP contribution in [0.1, 0.15) is 30.9 Å². The molecule has 0 saturated carbocycles. The molecule has 0 bridgehead atoms. The van der Waals surface area contributed by atoms with E-state index in [0.717, 1.165) is 34.2 Å². The maximum absolute atomic E-state index is 12.0. The molecule has 4 nitrogen and oxygen atoms in total. The van der Waals surface area contributed by atoms with Gasteiger partial charge in [-0.3, -0.25) is 4.79 Å². The second kappa shape index (κ2) is 9.23. The van der Waals surface area contributed by atoms with E-state index in [1.807, 2.05) is 55.5 Å². The molecular weight excluding hydrogens is 368 g/mol. The molecule has 0 fully saturated rings. The van der Waals surface area contributed by atoms with Gasteiger partial charge in [0.15, 0.2) is 6.61 Å². The van der Waals surface area contributed by atoms with Gasteiger partial charge < -0.3 is 4.74 Å². The first-order chi connectivity index (χ1) is 11.6. The normalized spacial score (nSPS) is 11.2. The fourth-order valence-corrected chi connectivity index (χ4v) is 2.77. The van der Waals surface area contributed by atoms with Crippen molar-refractivity contribution in [1.29, 1.82) is 0 Å². The number of nitrogens with one attached hydrogen (secondary N) is 1. The van der Waals surface area contributed by atoms with Crippen LogP contribution in [-0.2, 0) is 4.79 Å². The van der Waals surface area contributed by atoms with Crippen LogP contribution < -0.4 is 10.2 Å². The molecule has 0 unspecified atom stereocenters. The van der Waals surface area contributed by atoms with Crippen LogP contribution in [0.4, 0.5) is 0 Å². The number of halogens is 1. The summed E-state index contributed by atoms with van der Waals surface area (Å²) in [6, 6.07) is 15.6. The highest BCUT2D eigenvalue weighted by Gasteiger charge is 2.07. The summed E-state index contributed by atoms with van der Waals surface area (Å²) in [6.45, 7) is 3.99. The zero-order valence-electron chi connectivity index (χ0n) is 13.9. The summed E-state index contributed by atoms with van der Waals surface area (Å²) >= 11 is 3.43. The van der Waals surface area contributed by atoms with Crippen LogP contribution in [-0.4, -0.2) is 18.2 Å². The van der Waals surface area contributed by atoms with Crippen molar-refractivity contribution >= 4 is 27.5 Å². The Morgan fingerprint density at radius 1 is 1.21 bits per heavy atom. The van der Waals surface area contributed by atoms with Gasteiger partial charge in [-0.25, -0.2) is 5.43 Å². The highest BCUT2D eigenvalue weighted by atomic mass is 79.9. The third kappa shape index (κ3) is 5.49. The highest BCUT2D eigenvalue weighted by molar-refractivity contribution is 9.10. The van der Waals surface area contributed by atoms with Crippen LogP contribution in [0.25, 0.3) is 0 Å². The Bertz CT molecular complexity index is 715. The number of ether oxygens (including phenoxy) is 1. The molecule has 0 heterocycles. The number of carbonyl (C=O) groups is 1. The summed E-state index contributed by atoms with van der Waals surface area (Å²) in [6.07, 6.45) is 1.76. The van der Waals surface area contributed by atoms with Crippen molar-refractivity contribution in [3.05, 3.63) is 64.1 Å². The minimum Gasteiger partial charge on any atom is -0.483 e. The first-order valence-electron chi connectivity index (χ1n) is 7.90. The standard InChI is InChI=1S/C19H21BrN2O2/c1-3-7-17(15-8-5-4-6-9-15)21-22-19(23)13-24-18-11-10-14(2)12-16(18)20/h4-6,8-12H,3,7,13H2,1-2H3,(H,22,23)/b21-17-. The lowest BCUT2D eigenvalue weighted by Crippen LogP contribution is -2.26. The Morgan fingerprint density at radius 2 is 1.96 bits per heavy atom. The molecule has 0 aliphatic rings. The van der Waals surface area contributed by atoms with Crippen LogP contribution in [0.15, 0.2) is 58.1 Å². The van der Waals surface area contributed by atoms with E-state index in [1.54, 1.807) is 0 Å². The molecule has 0 saturated heterocycles. The van der Waals surface area contributed by atoms with Crippen molar-refractivity contribution < 1.29 is 9.53 Å². The summed E-state index contributed by atoms with van der Waals surface area (Å²) < 4.78 is 6.35. The largest absolute Gasteiger partial charge is 0.483 e. The van der Waals surface area contributed by atoms with Crippen molar-refractivity contribution in [2.75, 3.05) is 6.61 Å². The predicted molar refractivity (Wildman–Crippen MR) is 100 cm³/mol. The zero-order chi connectivity index (χ0) is 17.4. The molecule has 0 aliphatic heterocycles. The fourth-order valence-electron chi connectivity index (χ4n) is 2.16. The molecule has 0 aromatic heterocycles. The van der Waals surface area contributed by atoms with E-state index in [4.69, 9.17) is 4.74 Å². The molecule has 2 aromatic rings. The topological polar surface area (TPSA) is 50.7 Å². The first kappa shape index (κ1) is 18.2. The summed E-state index contributed by atoms with van der Waals surface area (Å²) in [5.74, 6) is 0.351. The molecule has 2 rings (SSSR count). The molecule has 1 N–H and O–H groups in total. The number of rotatable bonds is 7. The molecular formula is C19H21BrN2O2. The van der Waals surface area contributed by atoms with Crippen molar-refractivity contribution in [2.45, 2.75) is 26.7 Å². The summed E-state index contributed by atoms with van der Waals surface area (Å²) in [5, 5.41) is 4.26. The Morgan fingerprint density at radius 3 is 2.62 bits per heavy atom. The van der Waals surface area contributed by atoms with Gasteiger partial charge in [0.2, 0.25) is 0 Å². The average Bonchev–Trinajstić information content (AvgIpc) is 2.58. The van der Waals surface area contributed by atoms with Crippen LogP contribution in [0.2, 0.25) is 0 Å². The summed E-state index contributed by atoms with van der Waals surface area (Å²) in [4.78, 5) is 12.0. The second-order valence-electron chi connectivity index (χ2n) is 5.43. The minimum absolute atomic E-state index is 0.0840. The van der Waals surface area contributed by atoms with Gasteiger partial charge in [0, 0.05) is 0 Å². The SMILES string of the molecule is CCC/C(=N/NC(=O)COc1ccc(C)cc1Br)c1ccccc1. The number of aryl methyl sites for hydroxylation is 1. The van der Waals surface area contributed by atoms with Crippen molar-refractivity contribution in [2.24, 2.45) is 5.10 Å². The molecule has 1 amide bonds. The van der Waals surface area contributed by atoms with Gasteiger partial charge in [-0.05, 0) is 52.5 Å². The van der Waals surface area contributed by atoms with Gasteiger partial charge in [-0.1, -0.05) is 49.7 Å². The lowest BCUT2D eigenvalue weighted by molar-refractivity contribution is -0.123. The van der Waals surface area contributed by atoms with Crippen molar-refractivity contribution in [1.82, 2.24) is 5.43 Å². The lowest BCUT2D eigenvalue weighted by atomic mass is 10.1. The molecule has 0 radical (unpaired) electrons. The Hall–Kier alpha value is -2.14. The van der Waals surface area contributed by atoms with E-state index in [0.29, 0.717) is 5.75 Å². The predicted octanol–water partition coefficient (Wildman–Crippen LogP) is 4.46. The number of nitrogens with zero attached hydrogens (tertiary/aromatic N) is 1. The highest BCUT2D eigenvalue weighted by Crippen LogP contribution is 2.25. The first-order valence-corrected chi connectivity index (χ1v) is 8.69. The van der Waals surface area contributed by atoms with E-state index in [-0.39, 0.29) is 12.5 Å². The van der Waals surface area contributed by atoms with Gasteiger partial charge in [0.1, 0.15) is 5.75 Å². The number of hydrazone groups is 1. The van der Waals surface area contributed by atoms with Crippen LogP contribution in [0.3, 0.4) is 0 Å². The maximum atomic E-state index is 12.0. The third-order valence-electron chi connectivity index (χ3n) is 3.36. The van der Waals surface area contributed by atoms with Gasteiger partial charge in [0.25, 0.3) is 5.91 Å². The molecule has 0 spiro atoms. The molecule has 126 valence electrons. The average molecular weight is 389 g/mol. The maximum Gasteiger partial charge on any atom is 0.277 e. The van der Waals surface area contributed by atoms with Gasteiger partial charge in [-0.15, -0.1) is 0 Å².